The Morgan fingerprint density at radius 2 is 2.10 bits per heavy atom. The SMILES string of the molecule is CNC(=O)c1ccc(N(C)C(=O)c2nc3c(s2)CCOc2cc(C#N)ccc2-3)c(Cl)c1. The maximum Gasteiger partial charge on any atom is 0.287 e. The minimum atomic E-state index is -0.302. The molecule has 2 heterocycles. The number of rotatable bonds is 3. The van der Waals surface area contributed by atoms with Gasteiger partial charge in [-0.1, -0.05) is 11.6 Å². The molecule has 4 rings (SSSR count). The van der Waals surface area contributed by atoms with E-state index < -0.39 is 0 Å². The van der Waals surface area contributed by atoms with E-state index in [0.29, 0.717) is 46.3 Å². The van der Waals surface area contributed by atoms with Crippen LogP contribution in [0, 0.1) is 11.3 Å². The largest absolute Gasteiger partial charge is 0.492 e. The molecule has 31 heavy (non-hydrogen) atoms. The minimum Gasteiger partial charge on any atom is -0.492 e. The van der Waals surface area contributed by atoms with E-state index in [2.05, 4.69) is 16.4 Å². The molecule has 2 aromatic carbocycles. The highest BCUT2D eigenvalue weighted by Crippen LogP contribution is 2.38. The van der Waals surface area contributed by atoms with Gasteiger partial charge in [-0.15, -0.1) is 11.3 Å². The van der Waals surface area contributed by atoms with Gasteiger partial charge in [0.15, 0.2) is 5.01 Å². The summed E-state index contributed by atoms with van der Waals surface area (Å²) in [7, 11) is 3.16. The lowest BCUT2D eigenvalue weighted by Gasteiger charge is -2.18. The van der Waals surface area contributed by atoms with Crippen molar-refractivity contribution in [2.24, 2.45) is 0 Å². The molecule has 156 valence electrons. The van der Waals surface area contributed by atoms with Crippen molar-refractivity contribution in [1.29, 1.82) is 5.26 Å². The molecule has 9 heteroatoms. The van der Waals surface area contributed by atoms with Crippen LogP contribution in [-0.2, 0) is 6.42 Å². The highest BCUT2D eigenvalue weighted by molar-refractivity contribution is 7.14. The Labute approximate surface area is 187 Å². The summed E-state index contributed by atoms with van der Waals surface area (Å²) in [5.41, 5.74) is 2.85. The number of nitriles is 1. The number of nitrogens with zero attached hydrogens (tertiary/aromatic N) is 3. The zero-order chi connectivity index (χ0) is 22.1. The van der Waals surface area contributed by atoms with Crippen LogP contribution in [0.4, 0.5) is 5.69 Å². The van der Waals surface area contributed by atoms with Crippen LogP contribution in [-0.4, -0.2) is 37.5 Å². The van der Waals surface area contributed by atoms with Gasteiger partial charge in [0.25, 0.3) is 11.8 Å². The van der Waals surface area contributed by atoms with Crippen molar-refractivity contribution in [3.05, 3.63) is 62.4 Å². The van der Waals surface area contributed by atoms with Gasteiger partial charge >= 0.3 is 0 Å². The summed E-state index contributed by atoms with van der Waals surface area (Å²) in [4.78, 5) is 31.9. The van der Waals surface area contributed by atoms with Crippen molar-refractivity contribution < 1.29 is 14.3 Å². The van der Waals surface area contributed by atoms with Gasteiger partial charge in [0.2, 0.25) is 0 Å². The lowest BCUT2D eigenvalue weighted by molar-refractivity contribution is 0.0962. The van der Waals surface area contributed by atoms with Crippen molar-refractivity contribution in [3.8, 4) is 23.1 Å². The number of benzene rings is 2. The summed E-state index contributed by atoms with van der Waals surface area (Å²) in [5, 5.41) is 12.3. The van der Waals surface area contributed by atoms with Crippen LogP contribution in [0.3, 0.4) is 0 Å². The average Bonchev–Trinajstić information content (AvgIpc) is 3.13. The molecule has 1 N–H and O–H groups in total. The molecule has 0 aliphatic carbocycles. The van der Waals surface area contributed by atoms with Gasteiger partial charge in [0, 0.05) is 36.5 Å². The lowest BCUT2D eigenvalue weighted by Crippen LogP contribution is -2.26. The first-order valence-electron chi connectivity index (χ1n) is 9.39. The Kier molecular flexibility index (Phi) is 5.63. The third-order valence-corrected chi connectivity index (χ3v) is 6.34. The fraction of sp³-hybridized carbons (Fsp3) is 0.182. The van der Waals surface area contributed by atoms with Gasteiger partial charge in [-0.3, -0.25) is 9.59 Å². The molecule has 1 aliphatic heterocycles. The molecule has 0 radical (unpaired) electrons. The summed E-state index contributed by atoms with van der Waals surface area (Å²) in [6.07, 6.45) is 0.613. The van der Waals surface area contributed by atoms with E-state index >= 15 is 0 Å². The summed E-state index contributed by atoms with van der Waals surface area (Å²) in [6, 6.07) is 12.1. The zero-order valence-electron chi connectivity index (χ0n) is 16.7. The van der Waals surface area contributed by atoms with Gasteiger partial charge in [-0.05, 0) is 36.4 Å². The number of hydrogen-bond donors (Lipinski definition) is 1. The van der Waals surface area contributed by atoms with Crippen LogP contribution in [0.25, 0.3) is 11.3 Å². The number of anilines is 1. The lowest BCUT2D eigenvalue weighted by atomic mass is 10.1. The standard InChI is InChI=1S/C22H17ClN4O3S/c1-25-20(28)13-4-6-16(15(23)10-13)27(2)22(29)21-26-19-14-5-3-12(11-24)9-17(14)30-8-7-18(19)31-21/h3-6,9-10H,7-8H2,1-2H3,(H,25,28). The van der Waals surface area contributed by atoms with Crippen molar-refractivity contribution in [2.45, 2.75) is 6.42 Å². The second-order valence-electron chi connectivity index (χ2n) is 6.82. The van der Waals surface area contributed by atoms with Gasteiger partial charge in [0.05, 0.1) is 34.6 Å². The van der Waals surface area contributed by atoms with E-state index in [1.807, 2.05) is 0 Å². The van der Waals surface area contributed by atoms with E-state index in [9.17, 15) is 9.59 Å². The maximum absolute atomic E-state index is 13.2. The summed E-state index contributed by atoms with van der Waals surface area (Å²) in [5.74, 6) is 0.0265. The Hall–Kier alpha value is -3.41. The highest BCUT2D eigenvalue weighted by atomic mass is 35.5. The van der Waals surface area contributed by atoms with Crippen LogP contribution in [0.5, 0.6) is 5.75 Å². The van der Waals surface area contributed by atoms with Gasteiger partial charge in [-0.25, -0.2) is 4.98 Å². The predicted octanol–water partition coefficient (Wildman–Crippen LogP) is 3.91. The first-order valence-corrected chi connectivity index (χ1v) is 10.6. The first-order chi connectivity index (χ1) is 14.9. The second kappa shape index (κ2) is 8.38. The monoisotopic (exact) mass is 452 g/mol. The van der Waals surface area contributed by atoms with Crippen LogP contribution < -0.4 is 15.0 Å². The Morgan fingerprint density at radius 1 is 1.29 bits per heavy atom. The topological polar surface area (TPSA) is 95.3 Å². The maximum atomic E-state index is 13.2. The molecular formula is C22H17ClN4O3S. The molecule has 2 amide bonds. The number of halogens is 1. The third kappa shape index (κ3) is 3.85. The number of amides is 2. The number of aromatic nitrogens is 1. The fourth-order valence-corrected chi connectivity index (χ4v) is 4.64. The molecule has 1 aliphatic rings. The molecule has 0 saturated heterocycles. The van der Waals surface area contributed by atoms with Crippen LogP contribution in [0.15, 0.2) is 36.4 Å². The number of fused-ring (bicyclic) bond motifs is 3. The second-order valence-corrected chi connectivity index (χ2v) is 8.31. The zero-order valence-corrected chi connectivity index (χ0v) is 18.3. The normalized spacial score (nSPS) is 11.9. The molecule has 0 bridgehead atoms. The van der Waals surface area contributed by atoms with E-state index in [4.69, 9.17) is 21.6 Å². The quantitative estimate of drug-likeness (QED) is 0.650. The average molecular weight is 453 g/mol. The molecular weight excluding hydrogens is 436 g/mol. The molecule has 0 unspecified atom stereocenters. The van der Waals surface area contributed by atoms with Crippen LogP contribution in [0.1, 0.15) is 30.6 Å². The van der Waals surface area contributed by atoms with Crippen LogP contribution >= 0.6 is 22.9 Å². The van der Waals surface area contributed by atoms with Crippen molar-refractivity contribution >= 4 is 40.4 Å². The third-order valence-electron chi connectivity index (χ3n) is 4.94. The number of ether oxygens (including phenoxy) is 1. The Morgan fingerprint density at radius 3 is 2.81 bits per heavy atom. The van der Waals surface area contributed by atoms with Crippen molar-refractivity contribution in [2.75, 3.05) is 25.6 Å². The molecule has 0 spiro atoms. The van der Waals surface area contributed by atoms with E-state index in [1.165, 1.54) is 29.4 Å². The van der Waals surface area contributed by atoms with Gasteiger partial charge < -0.3 is 15.0 Å². The molecule has 0 atom stereocenters. The molecule has 7 nitrogen and oxygen atoms in total. The van der Waals surface area contributed by atoms with Gasteiger partial charge in [-0.2, -0.15) is 5.26 Å². The Balaban J connectivity index is 1.67. The van der Waals surface area contributed by atoms with E-state index in [1.54, 1.807) is 37.4 Å². The molecule has 1 aromatic heterocycles. The number of thiazole rings is 1. The van der Waals surface area contributed by atoms with E-state index in [-0.39, 0.29) is 16.8 Å². The molecule has 0 saturated carbocycles. The first kappa shape index (κ1) is 20.8. The summed E-state index contributed by atoms with van der Waals surface area (Å²) < 4.78 is 5.77. The van der Waals surface area contributed by atoms with E-state index in [0.717, 1.165) is 10.4 Å². The Bertz CT molecular complexity index is 1250. The van der Waals surface area contributed by atoms with Crippen LogP contribution in [0.2, 0.25) is 5.02 Å². The highest BCUT2D eigenvalue weighted by Gasteiger charge is 2.26. The molecule has 0 fully saturated rings. The molecule has 3 aromatic rings. The number of carbonyl (C=O) groups is 2. The fourth-order valence-electron chi connectivity index (χ4n) is 3.30. The van der Waals surface area contributed by atoms with Crippen molar-refractivity contribution in [3.63, 3.8) is 0 Å². The number of nitrogens with one attached hydrogen (secondary N) is 1. The predicted molar refractivity (Wildman–Crippen MR) is 119 cm³/mol. The number of hydrogen-bond acceptors (Lipinski definition) is 6. The smallest absolute Gasteiger partial charge is 0.287 e. The summed E-state index contributed by atoms with van der Waals surface area (Å²) in [6.45, 7) is 0.438. The summed E-state index contributed by atoms with van der Waals surface area (Å²) >= 11 is 7.66. The number of carbonyl (C=O) groups excluding carboxylic acids is 2. The minimum absolute atomic E-state index is 0.258. The van der Waals surface area contributed by atoms with Gasteiger partial charge in [0.1, 0.15) is 5.75 Å². The van der Waals surface area contributed by atoms with Crippen molar-refractivity contribution in [1.82, 2.24) is 10.3 Å².